The van der Waals surface area contributed by atoms with Crippen LogP contribution >= 0.6 is 24.0 Å². The van der Waals surface area contributed by atoms with Crippen LogP contribution in [0.3, 0.4) is 0 Å². The zero-order chi connectivity index (χ0) is 19.9. The summed E-state index contributed by atoms with van der Waals surface area (Å²) in [6.45, 7) is 3.16. The Hall–Kier alpha value is -1.06. The summed E-state index contributed by atoms with van der Waals surface area (Å²) in [5, 5.41) is 7.18. The smallest absolute Gasteiger partial charge is 0.191 e. The van der Waals surface area contributed by atoms with Crippen molar-refractivity contribution < 1.29 is 4.74 Å². The first kappa shape index (κ1) is 24.2. The van der Waals surface area contributed by atoms with Gasteiger partial charge in [-0.1, -0.05) is 25.0 Å². The molecule has 1 heterocycles. The van der Waals surface area contributed by atoms with Crippen molar-refractivity contribution in [2.45, 2.75) is 50.2 Å². The number of nitrogens with one attached hydrogen (secondary N) is 2. The third-order valence-electron chi connectivity index (χ3n) is 6.21. The summed E-state index contributed by atoms with van der Waals surface area (Å²) >= 11 is 0. The Morgan fingerprint density at radius 2 is 1.90 bits per heavy atom. The highest BCUT2D eigenvalue weighted by Gasteiger charge is 2.30. The molecular weight excluding hydrogens is 477 g/mol. The van der Waals surface area contributed by atoms with Gasteiger partial charge in [0.1, 0.15) is 5.75 Å². The Morgan fingerprint density at radius 3 is 2.48 bits per heavy atom. The number of nitrogens with zero attached hydrogens (tertiary/aromatic N) is 3. The Balaban J connectivity index is 0.00000300. The highest BCUT2D eigenvalue weighted by Crippen LogP contribution is 2.26. The molecule has 29 heavy (non-hydrogen) atoms. The van der Waals surface area contributed by atoms with Gasteiger partial charge < -0.3 is 20.3 Å². The van der Waals surface area contributed by atoms with Crippen molar-refractivity contribution >= 4 is 29.9 Å². The van der Waals surface area contributed by atoms with Crippen molar-refractivity contribution in [2.75, 3.05) is 47.9 Å². The van der Waals surface area contributed by atoms with Crippen molar-refractivity contribution in [2.24, 2.45) is 4.99 Å². The minimum Gasteiger partial charge on any atom is -0.497 e. The minimum atomic E-state index is 0. The summed E-state index contributed by atoms with van der Waals surface area (Å²) in [6, 6.07) is 9.89. The van der Waals surface area contributed by atoms with Crippen molar-refractivity contribution in [3.8, 4) is 5.75 Å². The van der Waals surface area contributed by atoms with Gasteiger partial charge in [-0.2, -0.15) is 0 Å². The third-order valence-corrected chi connectivity index (χ3v) is 6.21. The zero-order valence-corrected chi connectivity index (χ0v) is 20.7. The van der Waals surface area contributed by atoms with Gasteiger partial charge in [0.15, 0.2) is 5.96 Å². The lowest BCUT2D eigenvalue weighted by molar-refractivity contribution is 0.242. The molecule has 0 radical (unpaired) electrons. The quantitative estimate of drug-likeness (QED) is 0.332. The van der Waals surface area contributed by atoms with Gasteiger partial charge in [-0.3, -0.25) is 9.89 Å². The molecule has 1 saturated heterocycles. The molecule has 1 aliphatic carbocycles. The van der Waals surface area contributed by atoms with E-state index in [1.807, 2.05) is 19.2 Å². The molecule has 0 bridgehead atoms. The lowest BCUT2D eigenvalue weighted by Gasteiger charge is -2.27. The average Bonchev–Trinajstić information content (AvgIpc) is 3.39. The molecule has 0 amide bonds. The van der Waals surface area contributed by atoms with E-state index in [1.54, 1.807) is 7.11 Å². The number of guanidine groups is 1. The topological polar surface area (TPSA) is 52.1 Å². The van der Waals surface area contributed by atoms with Crippen LogP contribution in [-0.4, -0.2) is 75.7 Å². The van der Waals surface area contributed by atoms with Gasteiger partial charge in [-0.25, -0.2) is 0 Å². The van der Waals surface area contributed by atoms with E-state index in [1.165, 1.54) is 44.2 Å². The summed E-state index contributed by atoms with van der Waals surface area (Å²) in [5.74, 6) is 1.79. The van der Waals surface area contributed by atoms with Crippen LogP contribution in [0.1, 0.15) is 43.7 Å². The van der Waals surface area contributed by atoms with Crippen LogP contribution in [0.15, 0.2) is 29.3 Å². The summed E-state index contributed by atoms with van der Waals surface area (Å²) in [7, 11) is 7.79. The van der Waals surface area contributed by atoms with Crippen LogP contribution in [0.25, 0.3) is 0 Å². The molecule has 2 fully saturated rings. The number of ether oxygens (including phenoxy) is 1. The third kappa shape index (κ3) is 6.72. The second-order valence-corrected chi connectivity index (χ2v) is 8.27. The van der Waals surface area contributed by atoms with Gasteiger partial charge in [0, 0.05) is 38.8 Å². The predicted molar refractivity (Wildman–Crippen MR) is 132 cm³/mol. The van der Waals surface area contributed by atoms with E-state index in [0.717, 1.165) is 30.8 Å². The van der Waals surface area contributed by atoms with Crippen LogP contribution in [0.4, 0.5) is 0 Å². The highest BCUT2D eigenvalue weighted by atomic mass is 127. The maximum Gasteiger partial charge on any atom is 0.191 e. The van der Waals surface area contributed by atoms with Gasteiger partial charge in [0.2, 0.25) is 0 Å². The molecule has 2 aliphatic rings. The second kappa shape index (κ2) is 12.0. The second-order valence-electron chi connectivity index (χ2n) is 8.27. The van der Waals surface area contributed by atoms with Gasteiger partial charge in [0.05, 0.1) is 13.2 Å². The number of hydrogen-bond donors (Lipinski definition) is 2. The molecule has 0 spiro atoms. The fourth-order valence-electron chi connectivity index (χ4n) is 4.51. The Morgan fingerprint density at radius 1 is 1.21 bits per heavy atom. The molecule has 2 atom stereocenters. The monoisotopic (exact) mass is 515 g/mol. The molecule has 164 valence electrons. The fourth-order valence-corrected chi connectivity index (χ4v) is 4.51. The minimum absolute atomic E-state index is 0. The van der Waals surface area contributed by atoms with Crippen LogP contribution in [0.5, 0.6) is 5.75 Å². The number of hydrogen-bond acceptors (Lipinski definition) is 4. The van der Waals surface area contributed by atoms with Crippen molar-refractivity contribution in [3.63, 3.8) is 0 Å². The van der Waals surface area contributed by atoms with Gasteiger partial charge in [-0.05, 0) is 51.1 Å². The molecule has 2 unspecified atom stereocenters. The summed E-state index contributed by atoms with van der Waals surface area (Å²) < 4.78 is 5.28. The first-order chi connectivity index (χ1) is 13.6. The van der Waals surface area contributed by atoms with E-state index in [2.05, 4.69) is 51.7 Å². The Kier molecular flexibility index (Phi) is 9.98. The number of halogens is 1. The number of aliphatic imine (C=N–C) groups is 1. The molecular formula is C22H38IN5O. The van der Waals surface area contributed by atoms with Crippen molar-refractivity contribution in [1.29, 1.82) is 0 Å². The molecule has 1 saturated carbocycles. The van der Waals surface area contributed by atoms with Gasteiger partial charge in [-0.15, -0.1) is 24.0 Å². The zero-order valence-electron chi connectivity index (χ0n) is 18.4. The molecule has 6 nitrogen and oxygen atoms in total. The number of methoxy groups -OCH3 is 1. The lowest BCUT2D eigenvalue weighted by atomic mass is 10.1. The average molecular weight is 515 g/mol. The van der Waals surface area contributed by atoms with Crippen LogP contribution in [-0.2, 0) is 0 Å². The van der Waals surface area contributed by atoms with Crippen molar-refractivity contribution in [1.82, 2.24) is 20.4 Å². The first-order valence-electron chi connectivity index (χ1n) is 10.6. The summed E-state index contributed by atoms with van der Waals surface area (Å²) in [4.78, 5) is 9.38. The molecule has 1 aromatic carbocycles. The van der Waals surface area contributed by atoms with E-state index >= 15 is 0 Å². The number of likely N-dealkylation sites (tertiary alicyclic amines) is 1. The lowest BCUT2D eigenvalue weighted by Crippen LogP contribution is -2.47. The maximum absolute atomic E-state index is 5.28. The van der Waals surface area contributed by atoms with Gasteiger partial charge in [0.25, 0.3) is 0 Å². The molecule has 1 aliphatic heterocycles. The summed E-state index contributed by atoms with van der Waals surface area (Å²) in [5.41, 5.74) is 1.27. The number of rotatable bonds is 7. The maximum atomic E-state index is 5.28. The Bertz CT molecular complexity index is 631. The summed E-state index contributed by atoms with van der Waals surface area (Å²) in [6.07, 6.45) is 6.77. The largest absolute Gasteiger partial charge is 0.497 e. The standard InChI is InChI=1S/C22H37N5O.HI/c1-23-22(25-18-13-14-27(16-18)19-7-5-6-8-19)24-15-21(26(2)3)17-9-11-20(28-4)12-10-17;/h9-12,18-19,21H,5-8,13-16H2,1-4H3,(H2,23,24,25);1H. The highest BCUT2D eigenvalue weighted by molar-refractivity contribution is 14.0. The molecule has 7 heteroatoms. The van der Waals surface area contributed by atoms with Gasteiger partial charge >= 0.3 is 0 Å². The van der Waals surface area contributed by atoms with E-state index in [9.17, 15) is 0 Å². The first-order valence-corrected chi connectivity index (χ1v) is 10.6. The SMILES string of the molecule is CN=C(NCC(c1ccc(OC)cc1)N(C)C)NC1CCN(C2CCCC2)C1.I. The van der Waals surface area contributed by atoms with Crippen LogP contribution < -0.4 is 15.4 Å². The number of likely N-dealkylation sites (N-methyl/N-ethyl adjacent to an activating group) is 1. The fraction of sp³-hybridized carbons (Fsp3) is 0.682. The molecule has 0 aromatic heterocycles. The number of benzene rings is 1. The van der Waals surface area contributed by atoms with Crippen LogP contribution in [0.2, 0.25) is 0 Å². The van der Waals surface area contributed by atoms with Crippen LogP contribution in [0, 0.1) is 0 Å². The van der Waals surface area contributed by atoms with E-state index < -0.39 is 0 Å². The van der Waals surface area contributed by atoms with E-state index in [-0.39, 0.29) is 30.0 Å². The molecule has 1 aromatic rings. The van der Waals surface area contributed by atoms with Crippen molar-refractivity contribution in [3.05, 3.63) is 29.8 Å². The normalized spacial score (nSPS) is 21.8. The van der Waals surface area contributed by atoms with E-state index in [4.69, 9.17) is 4.74 Å². The molecule has 3 rings (SSSR count). The predicted octanol–water partition coefficient (Wildman–Crippen LogP) is 3.10. The Labute approximate surface area is 193 Å². The van der Waals surface area contributed by atoms with E-state index in [0.29, 0.717) is 6.04 Å². The molecule has 2 N–H and O–H groups in total.